The average molecular weight is 458 g/mol. The Morgan fingerprint density at radius 3 is 2.59 bits per heavy atom. The van der Waals surface area contributed by atoms with E-state index in [4.69, 9.17) is 4.98 Å². The Kier molecular flexibility index (Phi) is 4.86. The smallest absolute Gasteiger partial charge is 0.260 e. The molecule has 0 spiro atoms. The van der Waals surface area contributed by atoms with Crippen molar-refractivity contribution in [3.8, 4) is 21.1 Å². The van der Waals surface area contributed by atoms with Gasteiger partial charge in [0.15, 0.2) is 11.0 Å². The topological polar surface area (TPSA) is 76.5 Å². The van der Waals surface area contributed by atoms with Crippen molar-refractivity contribution in [2.24, 2.45) is 7.05 Å². The molecule has 0 saturated heterocycles. The number of thioether (sulfide) groups is 1. The number of H-pyrrole nitrogens is 1. The zero-order valence-electron chi connectivity index (χ0n) is 15.4. The number of rotatable bonds is 5. The zero-order valence-corrected chi connectivity index (χ0v) is 18.7. The van der Waals surface area contributed by atoms with Gasteiger partial charge in [0.2, 0.25) is 0 Å². The summed E-state index contributed by atoms with van der Waals surface area (Å²) in [4.78, 5) is 23.5. The van der Waals surface area contributed by atoms with Gasteiger partial charge in [-0.3, -0.25) is 4.79 Å². The van der Waals surface area contributed by atoms with Gasteiger partial charge in [0, 0.05) is 22.9 Å². The van der Waals surface area contributed by atoms with Crippen molar-refractivity contribution in [2.45, 2.75) is 17.3 Å². The van der Waals surface area contributed by atoms with Crippen LogP contribution in [-0.4, -0.2) is 24.7 Å². The summed E-state index contributed by atoms with van der Waals surface area (Å²) in [5, 5.41) is 16.1. The van der Waals surface area contributed by atoms with Crippen LogP contribution in [-0.2, 0) is 7.05 Å². The SMILES string of the molecule is C[C@@H](Sc1nnc(-c2cccs2)n1C)c1nc2scc(-c3cccs3)c2c(=O)[nH]1. The highest BCUT2D eigenvalue weighted by Crippen LogP contribution is 2.37. The van der Waals surface area contributed by atoms with Crippen molar-refractivity contribution in [3.05, 3.63) is 56.6 Å². The Bertz CT molecular complexity index is 1330. The van der Waals surface area contributed by atoms with Crippen LogP contribution >= 0.6 is 45.8 Å². The van der Waals surface area contributed by atoms with Gasteiger partial charge in [0.1, 0.15) is 10.7 Å². The molecular formula is C19H15N5OS4. The third-order valence-corrected chi connectivity index (χ3v) is 8.28. The predicted molar refractivity (Wildman–Crippen MR) is 122 cm³/mol. The molecule has 29 heavy (non-hydrogen) atoms. The maximum atomic E-state index is 12.8. The number of aromatic nitrogens is 5. The number of hydrogen-bond donors (Lipinski definition) is 1. The summed E-state index contributed by atoms with van der Waals surface area (Å²) in [7, 11) is 1.95. The number of nitrogens with zero attached hydrogens (tertiary/aromatic N) is 4. The first-order chi connectivity index (χ1) is 14.1. The summed E-state index contributed by atoms with van der Waals surface area (Å²) in [6.07, 6.45) is 0. The van der Waals surface area contributed by atoms with Crippen LogP contribution in [0.2, 0.25) is 0 Å². The zero-order chi connectivity index (χ0) is 20.0. The molecule has 0 aromatic carbocycles. The molecule has 0 unspecified atom stereocenters. The minimum atomic E-state index is -0.0978. The van der Waals surface area contributed by atoms with Crippen LogP contribution < -0.4 is 5.56 Å². The van der Waals surface area contributed by atoms with E-state index in [1.807, 2.05) is 58.9 Å². The van der Waals surface area contributed by atoms with Gasteiger partial charge in [-0.15, -0.1) is 44.2 Å². The van der Waals surface area contributed by atoms with E-state index in [0.717, 1.165) is 31.1 Å². The highest BCUT2D eigenvalue weighted by atomic mass is 32.2. The number of hydrogen-bond acceptors (Lipinski definition) is 8. The van der Waals surface area contributed by atoms with Crippen LogP contribution in [0.15, 0.2) is 50.4 Å². The predicted octanol–water partition coefficient (Wildman–Crippen LogP) is 5.42. The molecule has 10 heteroatoms. The van der Waals surface area contributed by atoms with Crippen LogP contribution in [0.3, 0.4) is 0 Å². The van der Waals surface area contributed by atoms with Gasteiger partial charge in [-0.25, -0.2) is 4.98 Å². The number of aromatic amines is 1. The fraction of sp³-hybridized carbons (Fsp3) is 0.158. The van der Waals surface area contributed by atoms with Gasteiger partial charge in [0.05, 0.1) is 15.5 Å². The molecule has 0 aliphatic carbocycles. The minimum absolute atomic E-state index is 0.0709. The number of nitrogens with one attached hydrogen (secondary N) is 1. The molecule has 1 atom stereocenters. The van der Waals surface area contributed by atoms with E-state index in [9.17, 15) is 4.79 Å². The summed E-state index contributed by atoms with van der Waals surface area (Å²) < 4.78 is 1.98. The fourth-order valence-electron chi connectivity index (χ4n) is 3.02. The molecule has 5 aromatic heterocycles. The second-order valence-corrected chi connectivity index (χ2v) is 10.4. The summed E-state index contributed by atoms with van der Waals surface area (Å²) >= 11 is 6.29. The molecule has 6 nitrogen and oxygen atoms in total. The van der Waals surface area contributed by atoms with Crippen molar-refractivity contribution in [3.63, 3.8) is 0 Å². The van der Waals surface area contributed by atoms with Gasteiger partial charge < -0.3 is 9.55 Å². The Labute approximate surface area is 182 Å². The fourth-order valence-corrected chi connectivity index (χ4v) is 6.41. The Morgan fingerprint density at radius 2 is 1.86 bits per heavy atom. The summed E-state index contributed by atoms with van der Waals surface area (Å²) in [6, 6.07) is 8.04. The van der Waals surface area contributed by atoms with Crippen LogP contribution in [0.1, 0.15) is 18.0 Å². The van der Waals surface area contributed by atoms with Crippen LogP contribution in [0.5, 0.6) is 0 Å². The first-order valence-corrected chi connectivity index (χ1v) is 12.3. The summed E-state index contributed by atoms with van der Waals surface area (Å²) in [5.74, 6) is 1.48. The first-order valence-electron chi connectivity index (χ1n) is 8.77. The first kappa shape index (κ1) is 18.7. The average Bonchev–Trinajstić information content (AvgIpc) is 3.49. The van der Waals surface area contributed by atoms with Crippen LogP contribution in [0, 0.1) is 0 Å². The van der Waals surface area contributed by atoms with Gasteiger partial charge in [0.25, 0.3) is 5.56 Å². The summed E-state index contributed by atoms with van der Waals surface area (Å²) in [6.45, 7) is 2.02. The van der Waals surface area contributed by atoms with E-state index < -0.39 is 0 Å². The highest BCUT2D eigenvalue weighted by molar-refractivity contribution is 7.99. The normalized spacial score (nSPS) is 12.6. The highest BCUT2D eigenvalue weighted by Gasteiger charge is 2.20. The lowest BCUT2D eigenvalue weighted by Gasteiger charge is -2.10. The monoisotopic (exact) mass is 457 g/mol. The van der Waals surface area contributed by atoms with E-state index in [1.165, 1.54) is 23.1 Å². The molecule has 1 N–H and O–H groups in total. The molecule has 0 saturated carbocycles. The van der Waals surface area contributed by atoms with Gasteiger partial charge >= 0.3 is 0 Å². The summed E-state index contributed by atoms with van der Waals surface area (Å²) in [5.41, 5.74) is 0.855. The number of fused-ring (bicyclic) bond motifs is 1. The van der Waals surface area contributed by atoms with Gasteiger partial charge in [-0.05, 0) is 29.8 Å². The Hall–Kier alpha value is -2.27. The minimum Gasteiger partial charge on any atom is -0.309 e. The molecule has 146 valence electrons. The van der Waals surface area contributed by atoms with E-state index >= 15 is 0 Å². The molecule has 5 heterocycles. The van der Waals surface area contributed by atoms with E-state index in [2.05, 4.69) is 15.2 Å². The molecule has 0 fully saturated rings. The lowest BCUT2D eigenvalue weighted by Crippen LogP contribution is -2.12. The van der Waals surface area contributed by atoms with Crippen molar-refractivity contribution < 1.29 is 0 Å². The molecule has 5 aromatic rings. The molecule has 0 bridgehead atoms. The van der Waals surface area contributed by atoms with E-state index in [0.29, 0.717) is 11.2 Å². The molecule has 0 aliphatic heterocycles. The second-order valence-electron chi connectivity index (χ2n) is 6.36. The lowest BCUT2D eigenvalue weighted by molar-refractivity contribution is 0.787. The van der Waals surface area contributed by atoms with Crippen molar-refractivity contribution >= 4 is 56.0 Å². The maximum Gasteiger partial charge on any atom is 0.260 e. The van der Waals surface area contributed by atoms with Crippen LogP contribution in [0.4, 0.5) is 0 Å². The standard InChI is InChI=1S/C19H15N5OS4/c1-10(29-19-23-22-16(24(19)2)13-6-4-8-27-13)15-20-17(25)14-11(9-28-18(14)21-15)12-5-3-7-26-12/h3-10H,1-2H3,(H,20,21,25)/t10-/m1/s1. The Morgan fingerprint density at radius 1 is 1.10 bits per heavy atom. The van der Waals surface area contributed by atoms with Gasteiger partial charge in [-0.2, -0.15) is 0 Å². The quantitative estimate of drug-likeness (QED) is 0.357. The Balaban J connectivity index is 1.46. The van der Waals surface area contributed by atoms with E-state index in [-0.39, 0.29) is 10.8 Å². The third-order valence-electron chi connectivity index (χ3n) is 4.49. The molecular weight excluding hydrogens is 443 g/mol. The lowest BCUT2D eigenvalue weighted by atomic mass is 10.2. The van der Waals surface area contributed by atoms with Crippen molar-refractivity contribution in [1.82, 2.24) is 24.7 Å². The molecule has 0 amide bonds. The molecule has 0 aliphatic rings. The van der Waals surface area contributed by atoms with Gasteiger partial charge in [-0.1, -0.05) is 23.9 Å². The van der Waals surface area contributed by atoms with Crippen molar-refractivity contribution in [1.29, 1.82) is 0 Å². The van der Waals surface area contributed by atoms with Crippen molar-refractivity contribution in [2.75, 3.05) is 0 Å². The third kappa shape index (κ3) is 3.35. The maximum absolute atomic E-state index is 12.8. The second kappa shape index (κ2) is 7.52. The number of thiophene rings is 3. The molecule has 5 rings (SSSR count). The van der Waals surface area contributed by atoms with E-state index in [1.54, 1.807) is 22.7 Å². The molecule has 0 radical (unpaired) electrons. The van der Waals surface area contributed by atoms with Crippen LogP contribution in [0.25, 0.3) is 31.4 Å². The largest absolute Gasteiger partial charge is 0.309 e.